The lowest BCUT2D eigenvalue weighted by Gasteiger charge is -2.27. The molecule has 0 saturated carbocycles. The summed E-state index contributed by atoms with van der Waals surface area (Å²) in [7, 11) is 1.58. The van der Waals surface area contributed by atoms with Gasteiger partial charge in [-0.3, -0.25) is 14.5 Å². The zero-order valence-electron chi connectivity index (χ0n) is 19.0. The first-order valence-electron chi connectivity index (χ1n) is 10.7. The Bertz CT molecular complexity index is 1410. The van der Waals surface area contributed by atoms with Gasteiger partial charge in [0.2, 0.25) is 0 Å². The maximum absolute atomic E-state index is 13.3. The number of methoxy groups -OCH3 is 1. The summed E-state index contributed by atoms with van der Waals surface area (Å²) in [5, 5.41) is 10.6. The number of carbonyl (C=O) groups excluding carboxylic acids is 2. The normalized spacial score (nSPS) is 15.1. The van der Waals surface area contributed by atoms with Crippen LogP contribution in [0.2, 0.25) is 10.0 Å². The highest BCUT2D eigenvalue weighted by molar-refractivity contribution is 6.35. The number of imide groups is 1. The Labute approximate surface area is 212 Å². The van der Waals surface area contributed by atoms with Gasteiger partial charge in [-0.05, 0) is 73.0 Å². The van der Waals surface area contributed by atoms with Gasteiger partial charge < -0.3 is 9.15 Å². The van der Waals surface area contributed by atoms with Crippen molar-refractivity contribution in [3.63, 3.8) is 0 Å². The lowest BCUT2D eigenvalue weighted by atomic mass is 9.94. The Kier molecular flexibility index (Phi) is 7.11. The van der Waals surface area contributed by atoms with E-state index in [-0.39, 0.29) is 17.7 Å². The molecular weight excluding hydrogens is 487 g/mol. The lowest BCUT2D eigenvalue weighted by Crippen LogP contribution is -2.43. The third kappa shape index (κ3) is 5.02. The molecule has 0 unspecified atom stereocenters. The summed E-state index contributed by atoms with van der Waals surface area (Å²) in [5.74, 6) is 0.472. The van der Waals surface area contributed by atoms with Gasteiger partial charge in [0, 0.05) is 22.7 Å². The number of nitriles is 1. The molecule has 176 valence electrons. The van der Waals surface area contributed by atoms with Crippen molar-refractivity contribution < 1.29 is 18.7 Å². The molecule has 1 aliphatic heterocycles. The molecule has 35 heavy (non-hydrogen) atoms. The number of nitrogens with zero attached hydrogens (tertiary/aromatic N) is 2. The fourth-order valence-corrected chi connectivity index (χ4v) is 4.15. The molecule has 0 N–H and O–H groups in total. The topological polar surface area (TPSA) is 83.5 Å². The smallest absolute Gasteiger partial charge is 0.271 e. The predicted octanol–water partition coefficient (Wildman–Crippen LogP) is 6.10. The maximum Gasteiger partial charge on any atom is 0.271 e. The molecule has 4 rings (SSSR count). The maximum atomic E-state index is 13.3. The van der Waals surface area contributed by atoms with Crippen LogP contribution in [0.15, 0.2) is 75.7 Å². The highest BCUT2D eigenvalue weighted by Gasteiger charge is 2.35. The van der Waals surface area contributed by atoms with Gasteiger partial charge >= 0.3 is 0 Å². The number of furan rings is 1. The molecule has 0 spiro atoms. The van der Waals surface area contributed by atoms with Crippen molar-refractivity contribution in [2.24, 2.45) is 0 Å². The second-order valence-corrected chi connectivity index (χ2v) is 8.70. The molecule has 0 aliphatic carbocycles. The Morgan fingerprint density at radius 3 is 2.49 bits per heavy atom. The average Bonchev–Trinajstić information content (AvgIpc) is 3.32. The van der Waals surface area contributed by atoms with Crippen molar-refractivity contribution >= 4 is 41.1 Å². The van der Waals surface area contributed by atoms with Gasteiger partial charge in [-0.2, -0.15) is 5.26 Å². The zero-order valence-corrected chi connectivity index (χ0v) is 20.5. The molecule has 0 fully saturated rings. The highest BCUT2D eigenvalue weighted by atomic mass is 35.5. The van der Waals surface area contributed by atoms with E-state index in [0.29, 0.717) is 44.9 Å². The van der Waals surface area contributed by atoms with Crippen LogP contribution in [0, 0.1) is 11.3 Å². The Hall–Kier alpha value is -3.79. The van der Waals surface area contributed by atoms with Crippen LogP contribution in [0.5, 0.6) is 5.75 Å². The Morgan fingerprint density at radius 2 is 1.80 bits per heavy atom. The first-order valence-corrected chi connectivity index (χ1v) is 11.5. The second kappa shape index (κ2) is 10.2. The number of rotatable bonds is 6. The SMILES string of the molecule is COc1ccc(CCN2C(=O)C(C#N)=C(C)/C(=C\c3ccc(-c4cc(Cl)ccc4Cl)o3)C2=O)cc1. The summed E-state index contributed by atoms with van der Waals surface area (Å²) in [6.45, 7) is 1.71. The van der Waals surface area contributed by atoms with Gasteiger partial charge in [-0.15, -0.1) is 0 Å². The standard InChI is InChI=1S/C27H20Cl2N2O4/c1-16-21(14-20-8-10-25(35-20)22-13-18(28)5-9-24(22)29)26(32)31(27(33)23(16)15-30)12-11-17-3-6-19(34-2)7-4-17/h3-10,13-14H,11-12H2,1-2H3/b21-14+. The fraction of sp³-hybridized carbons (Fsp3) is 0.148. The molecule has 0 atom stereocenters. The van der Waals surface area contributed by atoms with Crippen LogP contribution >= 0.6 is 23.2 Å². The van der Waals surface area contributed by atoms with Crippen molar-refractivity contribution in [2.45, 2.75) is 13.3 Å². The lowest BCUT2D eigenvalue weighted by molar-refractivity contribution is -0.140. The van der Waals surface area contributed by atoms with Gasteiger partial charge in [0.1, 0.15) is 28.9 Å². The number of halogens is 2. The number of hydrogen-bond acceptors (Lipinski definition) is 5. The molecular formula is C27H20Cl2N2O4. The minimum absolute atomic E-state index is 0.0738. The second-order valence-electron chi connectivity index (χ2n) is 7.86. The van der Waals surface area contributed by atoms with Crippen LogP contribution in [0.4, 0.5) is 0 Å². The van der Waals surface area contributed by atoms with E-state index in [1.807, 2.05) is 30.3 Å². The summed E-state index contributed by atoms with van der Waals surface area (Å²) >= 11 is 12.4. The number of benzene rings is 2. The summed E-state index contributed by atoms with van der Waals surface area (Å²) in [6.07, 6.45) is 1.97. The average molecular weight is 507 g/mol. The van der Waals surface area contributed by atoms with E-state index in [1.54, 1.807) is 44.4 Å². The molecule has 0 radical (unpaired) electrons. The van der Waals surface area contributed by atoms with E-state index in [4.69, 9.17) is 32.4 Å². The van der Waals surface area contributed by atoms with Crippen LogP contribution in [-0.2, 0) is 16.0 Å². The van der Waals surface area contributed by atoms with Crippen LogP contribution in [0.1, 0.15) is 18.2 Å². The summed E-state index contributed by atoms with van der Waals surface area (Å²) < 4.78 is 11.1. The summed E-state index contributed by atoms with van der Waals surface area (Å²) in [4.78, 5) is 27.3. The van der Waals surface area contributed by atoms with Crippen molar-refractivity contribution in [1.29, 1.82) is 5.26 Å². The minimum Gasteiger partial charge on any atom is -0.497 e. The van der Waals surface area contributed by atoms with Gasteiger partial charge in [0.05, 0.1) is 12.1 Å². The van der Waals surface area contributed by atoms with E-state index in [2.05, 4.69) is 0 Å². The van der Waals surface area contributed by atoms with Crippen molar-refractivity contribution in [1.82, 2.24) is 4.90 Å². The molecule has 2 aromatic carbocycles. The Morgan fingerprint density at radius 1 is 1.06 bits per heavy atom. The van der Waals surface area contributed by atoms with Crippen LogP contribution in [-0.4, -0.2) is 30.4 Å². The monoisotopic (exact) mass is 506 g/mol. The fourth-order valence-electron chi connectivity index (χ4n) is 3.77. The molecule has 3 aromatic rings. The van der Waals surface area contributed by atoms with Gasteiger partial charge in [-0.1, -0.05) is 35.3 Å². The summed E-state index contributed by atoms with van der Waals surface area (Å²) in [5.41, 5.74) is 1.99. The number of carbonyl (C=O) groups is 2. The van der Waals surface area contributed by atoms with Gasteiger partial charge in [0.15, 0.2) is 0 Å². The third-order valence-corrected chi connectivity index (χ3v) is 6.28. The molecule has 1 aliphatic rings. The molecule has 6 nitrogen and oxygen atoms in total. The van der Waals surface area contributed by atoms with E-state index >= 15 is 0 Å². The minimum atomic E-state index is -0.605. The number of hydrogen-bond donors (Lipinski definition) is 0. The predicted molar refractivity (Wildman–Crippen MR) is 134 cm³/mol. The molecule has 2 heterocycles. The zero-order chi connectivity index (χ0) is 25.1. The van der Waals surface area contributed by atoms with E-state index < -0.39 is 11.8 Å². The van der Waals surface area contributed by atoms with Crippen LogP contribution in [0.25, 0.3) is 17.4 Å². The van der Waals surface area contributed by atoms with Crippen LogP contribution < -0.4 is 4.74 Å². The molecule has 0 saturated heterocycles. The third-order valence-electron chi connectivity index (χ3n) is 5.72. The highest BCUT2D eigenvalue weighted by Crippen LogP contribution is 2.33. The molecule has 2 amide bonds. The first kappa shape index (κ1) is 24.3. The van der Waals surface area contributed by atoms with Crippen molar-refractivity contribution in [2.75, 3.05) is 13.7 Å². The van der Waals surface area contributed by atoms with Crippen molar-refractivity contribution in [3.8, 4) is 23.1 Å². The number of amides is 2. The number of ether oxygens (including phenoxy) is 1. The van der Waals surface area contributed by atoms with E-state index in [0.717, 1.165) is 10.5 Å². The van der Waals surface area contributed by atoms with E-state index in [9.17, 15) is 14.9 Å². The van der Waals surface area contributed by atoms with Crippen molar-refractivity contribution in [3.05, 3.63) is 92.7 Å². The largest absolute Gasteiger partial charge is 0.497 e. The Balaban J connectivity index is 1.63. The molecule has 8 heteroatoms. The van der Waals surface area contributed by atoms with Crippen LogP contribution in [0.3, 0.4) is 0 Å². The van der Waals surface area contributed by atoms with Gasteiger partial charge in [0.25, 0.3) is 11.8 Å². The summed E-state index contributed by atoms with van der Waals surface area (Å²) in [6, 6.07) is 17.7. The van der Waals surface area contributed by atoms with Gasteiger partial charge in [-0.25, -0.2) is 0 Å². The molecule has 1 aromatic heterocycles. The first-order chi connectivity index (χ1) is 16.8. The molecule has 0 bridgehead atoms. The van der Waals surface area contributed by atoms with E-state index in [1.165, 1.54) is 6.08 Å². The quantitative estimate of drug-likeness (QED) is 0.298.